The summed E-state index contributed by atoms with van der Waals surface area (Å²) >= 11 is 1.18. The van der Waals surface area contributed by atoms with E-state index in [2.05, 4.69) is 30.1 Å². The van der Waals surface area contributed by atoms with Gasteiger partial charge in [-0.3, -0.25) is 9.69 Å². The molecule has 0 N–H and O–H groups in total. The van der Waals surface area contributed by atoms with Crippen LogP contribution in [-0.2, 0) is 13.0 Å². The summed E-state index contributed by atoms with van der Waals surface area (Å²) in [4.78, 5) is 21.5. The number of piperazine rings is 1. The molecule has 1 aliphatic heterocycles. The van der Waals surface area contributed by atoms with Crippen molar-refractivity contribution in [2.24, 2.45) is 0 Å². The summed E-state index contributed by atoms with van der Waals surface area (Å²) in [6.45, 7) is 7.40. The fourth-order valence-corrected chi connectivity index (χ4v) is 3.90. The van der Waals surface area contributed by atoms with Gasteiger partial charge >= 0.3 is 0 Å². The van der Waals surface area contributed by atoms with Crippen molar-refractivity contribution >= 4 is 28.7 Å². The van der Waals surface area contributed by atoms with Crippen LogP contribution in [0.25, 0.3) is 11.0 Å². The number of hydrogen-bond donors (Lipinski definition) is 0. The summed E-state index contributed by atoms with van der Waals surface area (Å²) in [5.41, 5.74) is 2.35. The molecular formula is C18H22N6OS. The van der Waals surface area contributed by atoms with E-state index >= 15 is 0 Å². The minimum atomic E-state index is 0.0856. The Bertz CT molecular complexity index is 896. The molecule has 0 bridgehead atoms. The second-order valence-electron chi connectivity index (χ2n) is 6.49. The predicted molar refractivity (Wildman–Crippen MR) is 101 cm³/mol. The standard InChI is InChI=1S/C18H22N6OS/c1-2-17-19-5-6-23(17)10-7-22-8-11-24(12-9-22)18(25)14-3-4-15-16(13-14)21-26-20-15/h3-6,13H,2,7-12H2,1H3. The van der Waals surface area contributed by atoms with Crippen molar-refractivity contribution < 1.29 is 4.79 Å². The Morgan fingerprint density at radius 2 is 1.92 bits per heavy atom. The summed E-state index contributed by atoms with van der Waals surface area (Å²) in [7, 11) is 0. The summed E-state index contributed by atoms with van der Waals surface area (Å²) in [6, 6.07) is 5.57. The van der Waals surface area contributed by atoms with Crippen molar-refractivity contribution in [3.8, 4) is 0 Å². The number of benzene rings is 1. The Hall–Kier alpha value is -2.32. The molecule has 1 saturated heterocycles. The minimum Gasteiger partial charge on any atom is -0.336 e. The van der Waals surface area contributed by atoms with E-state index < -0.39 is 0 Å². The van der Waals surface area contributed by atoms with Crippen LogP contribution in [0.3, 0.4) is 0 Å². The van der Waals surface area contributed by atoms with Gasteiger partial charge in [0, 0.05) is 63.6 Å². The molecule has 0 spiro atoms. The molecule has 7 nitrogen and oxygen atoms in total. The first-order valence-corrected chi connectivity index (χ1v) is 9.71. The van der Waals surface area contributed by atoms with E-state index in [1.54, 1.807) is 0 Å². The Labute approximate surface area is 156 Å². The van der Waals surface area contributed by atoms with Gasteiger partial charge in [0.25, 0.3) is 5.91 Å². The number of amides is 1. The SMILES string of the molecule is CCc1nccn1CCN1CCN(C(=O)c2ccc3nsnc3c2)CC1. The van der Waals surface area contributed by atoms with Gasteiger partial charge in [-0.15, -0.1) is 0 Å². The first kappa shape index (κ1) is 17.1. The molecule has 1 aliphatic rings. The van der Waals surface area contributed by atoms with E-state index in [1.807, 2.05) is 35.5 Å². The quantitative estimate of drug-likeness (QED) is 0.686. The highest BCUT2D eigenvalue weighted by Crippen LogP contribution is 2.16. The highest BCUT2D eigenvalue weighted by Gasteiger charge is 2.22. The van der Waals surface area contributed by atoms with Crippen molar-refractivity contribution in [3.63, 3.8) is 0 Å². The van der Waals surface area contributed by atoms with Crippen molar-refractivity contribution in [2.75, 3.05) is 32.7 Å². The van der Waals surface area contributed by atoms with E-state index in [0.717, 1.165) is 62.5 Å². The van der Waals surface area contributed by atoms with Crippen molar-refractivity contribution in [1.29, 1.82) is 0 Å². The molecule has 0 aliphatic carbocycles. The summed E-state index contributed by atoms with van der Waals surface area (Å²) < 4.78 is 10.6. The number of rotatable bonds is 5. The molecule has 8 heteroatoms. The molecule has 4 rings (SSSR count). The monoisotopic (exact) mass is 370 g/mol. The fourth-order valence-electron chi connectivity index (χ4n) is 3.38. The van der Waals surface area contributed by atoms with Crippen LogP contribution >= 0.6 is 11.7 Å². The van der Waals surface area contributed by atoms with Gasteiger partial charge in [0.2, 0.25) is 0 Å². The maximum absolute atomic E-state index is 12.8. The van der Waals surface area contributed by atoms with Gasteiger partial charge in [0.15, 0.2) is 0 Å². The maximum Gasteiger partial charge on any atom is 0.254 e. The third-order valence-corrected chi connectivity index (χ3v) is 5.49. The average Bonchev–Trinajstić information content (AvgIpc) is 3.34. The van der Waals surface area contributed by atoms with Gasteiger partial charge in [-0.2, -0.15) is 8.75 Å². The van der Waals surface area contributed by atoms with Crippen molar-refractivity contribution in [2.45, 2.75) is 19.9 Å². The second kappa shape index (κ2) is 7.51. The van der Waals surface area contributed by atoms with Gasteiger partial charge in [-0.25, -0.2) is 4.98 Å². The van der Waals surface area contributed by atoms with Gasteiger partial charge in [-0.1, -0.05) is 6.92 Å². The number of carbonyl (C=O) groups excluding carboxylic acids is 1. The van der Waals surface area contributed by atoms with Gasteiger partial charge in [0.1, 0.15) is 16.9 Å². The second-order valence-corrected chi connectivity index (χ2v) is 7.02. The largest absolute Gasteiger partial charge is 0.336 e. The van der Waals surface area contributed by atoms with E-state index in [9.17, 15) is 4.79 Å². The topological polar surface area (TPSA) is 67.2 Å². The lowest BCUT2D eigenvalue weighted by Crippen LogP contribution is -2.49. The summed E-state index contributed by atoms with van der Waals surface area (Å²) in [5, 5.41) is 0. The number of fused-ring (bicyclic) bond motifs is 1. The number of aryl methyl sites for hydroxylation is 1. The highest BCUT2D eigenvalue weighted by molar-refractivity contribution is 7.00. The number of aromatic nitrogens is 4. The zero-order chi connectivity index (χ0) is 17.9. The molecule has 1 aromatic carbocycles. The first-order chi connectivity index (χ1) is 12.7. The molecule has 3 aromatic rings. The molecule has 2 aromatic heterocycles. The molecule has 0 unspecified atom stereocenters. The van der Waals surface area contributed by atoms with Crippen molar-refractivity contribution in [1.82, 2.24) is 28.1 Å². The van der Waals surface area contributed by atoms with Crippen LogP contribution in [0.1, 0.15) is 23.1 Å². The van der Waals surface area contributed by atoms with Crippen LogP contribution < -0.4 is 0 Å². The van der Waals surface area contributed by atoms with Gasteiger partial charge in [0.05, 0.1) is 11.7 Å². The fraction of sp³-hybridized carbons (Fsp3) is 0.444. The van der Waals surface area contributed by atoms with E-state index in [1.165, 1.54) is 11.7 Å². The minimum absolute atomic E-state index is 0.0856. The number of carbonyl (C=O) groups is 1. The Morgan fingerprint density at radius 1 is 1.12 bits per heavy atom. The van der Waals surface area contributed by atoms with Crippen LogP contribution in [-0.4, -0.2) is 66.7 Å². The lowest BCUT2D eigenvalue weighted by atomic mass is 10.1. The molecular weight excluding hydrogens is 348 g/mol. The molecule has 1 amide bonds. The number of imidazole rings is 1. The summed E-state index contributed by atoms with van der Waals surface area (Å²) in [5.74, 6) is 1.22. The average molecular weight is 370 g/mol. The third-order valence-electron chi connectivity index (χ3n) is 4.94. The lowest BCUT2D eigenvalue weighted by Gasteiger charge is -2.34. The molecule has 26 heavy (non-hydrogen) atoms. The third kappa shape index (κ3) is 3.47. The van der Waals surface area contributed by atoms with E-state index in [-0.39, 0.29) is 5.91 Å². The maximum atomic E-state index is 12.8. The van der Waals surface area contributed by atoms with Crippen LogP contribution in [0, 0.1) is 0 Å². The van der Waals surface area contributed by atoms with Crippen molar-refractivity contribution in [3.05, 3.63) is 42.0 Å². The van der Waals surface area contributed by atoms with E-state index in [0.29, 0.717) is 5.56 Å². The van der Waals surface area contributed by atoms with E-state index in [4.69, 9.17) is 0 Å². The molecule has 3 heterocycles. The Morgan fingerprint density at radius 3 is 2.73 bits per heavy atom. The molecule has 0 saturated carbocycles. The Balaban J connectivity index is 1.32. The van der Waals surface area contributed by atoms with Crippen LogP contribution in [0.15, 0.2) is 30.6 Å². The Kier molecular flexibility index (Phi) is 4.94. The molecule has 0 atom stereocenters. The normalized spacial score (nSPS) is 15.7. The highest BCUT2D eigenvalue weighted by atomic mass is 32.1. The number of hydrogen-bond acceptors (Lipinski definition) is 6. The zero-order valence-corrected chi connectivity index (χ0v) is 15.7. The van der Waals surface area contributed by atoms with Crippen LogP contribution in [0.4, 0.5) is 0 Å². The van der Waals surface area contributed by atoms with Crippen LogP contribution in [0.2, 0.25) is 0 Å². The smallest absolute Gasteiger partial charge is 0.254 e. The molecule has 1 fully saturated rings. The van der Waals surface area contributed by atoms with Crippen LogP contribution in [0.5, 0.6) is 0 Å². The van der Waals surface area contributed by atoms with Gasteiger partial charge in [-0.05, 0) is 18.2 Å². The molecule has 0 radical (unpaired) electrons. The number of nitrogens with zero attached hydrogens (tertiary/aromatic N) is 6. The summed E-state index contributed by atoms with van der Waals surface area (Å²) in [6.07, 6.45) is 4.86. The first-order valence-electron chi connectivity index (χ1n) is 8.98. The van der Waals surface area contributed by atoms with Gasteiger partial charge < -0.3 is 9.47 Å². The predicted octanol–water partition coefficient (Wildman–Crippen LogP) is 1.91. The molecule has 136 valence electrons. The zero-order valence-electron chi connectivity index (χ0n) is 14.8. The lowest BCUT2D eigenvalue weighted by molar-refractivity contribution is 0.0633.